The van der Waals surface area contributed by atoms with Crippen molar-refractivity contribution in [1.29, 1.82) is 0 Å². The molecule has 2 N–H and O–H groups in total. The van der Waals surface area contributed by atoms with E-state index >= 15 is 0 Å². The Morgan fingerprint density at radius 2 is 2.21 bits per heavy atom. The average Bonchev–Trinajstić information content (AvgIpc) is 2.39. The zero-order valence-electron chi connectivity index (χ0n) is 11.1. The summed E-state index contributed by atoms with van der Waals surface area (Å²) in [4.78, 5) is 4.02. The van der Waals surface area contributed by atoms with Crippen LogP contribution < -0.4 is 15.4 Å². The minimum Gasteiger partial charge on any atom is -0.494 e. The fourth-order valence-electron chi connectivity index (χ4n) is 1.40. The van der Waals surface area contributed by atoms with Crippen molar-refractivity contribution in [2.45, 2.75) is 6.54 Å². The van der Waals surface area contributed by atoms with Gasteiger partial charge < -0.3 is 15.4 Å². The Hall–Kier alpha value is -1.31. The molecule has 0 aliphatic rings. The minimum absolute atomic E-state index is 0. The summed E-state index contributed by atoms with van der Waals surface area (Å²) in [6.45, 7) is 4.71. The zero-order valence-corrected chi connectivity index (χ0v) is 13.4. The van der Waals surface area contributed by atoms with Crippen molar-refractivity contribution in [2.75, 3.05) is 20.7 Å². The molecular weight excluding hydrogens is 360 g/mol. The number of hydrogen-bond donors (Lipinski definition) is 2. The quantitative estimate of drug-likeness (QED) is 0.357. The number of nitrogens with one attached hydrogen (secondary N) is 2. The van der Waals surface area contributed by atoms with Crippen molar-refractivity contribution >= 4 is 29.9 Å². The normalized spacial score (nSPS) is 10.4. The summed E-state index contributed by atoms with van der Waals surface area (Å²) < 4.78 is 18.3. The van der Waals surface area contributed by atoms with Crippen LogP contribution in [0.25, 0.3) is 0 Å². The Bertz CT molecular complexity index is 438. The van der Waals surface area contributed by atoms with Gasteiger partial charge in [-0.05, 0) is 17.7 Å². The van der Waals surface area contributed by atoms with E-state index in [1.165, 1.54) is 13.2 Å². The molecule has 0 spiro atoms. The Kier molecular flexibility index (Phi) is 8.94. The highest BCUT2D eigenvalue weighted by Gasteiger charge is 2.03. The maximum absolute atomic E-state index is 13.4. The van der Waals surface area contributed by atoms with Gasteiger partial charge >= 0.3 is 0 Å². The van der Waals surface area contributed by atoms with Crippen LogP contribution in [0.15, 0.2) is 35.8 Å². The number of aliphatic imine (C=N–C) groups is 1. The molecular formula is C13H19FIN3O. The highest BCUT2D eigenvalue weighted by molar-refractivity contribution is 14.0. The first-order valence-electron chi connectivity index (χ1n) is 5.59. The smallest absolute Gasteiger partial charge is 0.191 e. The second kappa shape index (κ2) is 9.60. The van der Waals surface area contributed by atoms with E-state index in [0.29, 0.717) is 19.0 Å². The summed E-state index contributed by atoms with van der Waals surface area (Å²) in [5.41, 5.74) is 0.815. The minimum atomic E-state index is -0.370. The van der Waals surface area contributed by atoms with E-state index in [2.05, 4.69) is 22.2 Å². The van der Waals surface area contributed by atoms with Gasteiger partial charge in [-0.25, -0.2) is 4.39 Å². The second-order valence-electron chi connectivity index (χ2n) is 3.56. The summed E-state index contributed by atoms with van der Waals surface area (Å²) in [6, 6.07) is 4.84. The maximum Gasteiger partial charge on any atom is 0.191 e. The van der Waals surface area contributed by atoms with Crippen LogP contribution in [0.2, 0.25) is 0 Å². The number of nitrogens with zero attached hydrogens (tertiary/aromatic N) is 1. The van der Waals surface area contributed by atoms with Gasteiger partial charge in [-0.3, -0.25) is 4.99 Å². The van der Waals surface area contributed by atoms with Crippen molar-refractivity contribution in [3.8, 4) is 5.75 Å². The molecule has 0 heterocycles. The molecule has 0 aliphatic carbocycles. The fraction of sp³-hybridized carbons (Fsp3) is 0.308. The standard InChI is InChI=1S/C13H18FN3O.HI/c1-4-7-16-13(15-2)17-9-10-5-6-12(18-3)11(14)8-10;/h4-6,8H,1,7,9H2,2-3H3,(H2,15,16,17);1H. The molecule has 106 valence electrons. The summed E-state index contributed by atoms with van der Waals surface area (Å²) in [7, 11) is 3.12. The van der Waals surface area contributed by atoms with E-state index in [-0.39, 0.29) is 35.5 Å². The lowest BCUT2D eigenvalue weighted by molar-refractivity contribution is 0.386. The number of guanidine groups is 1. The number of rotatable bonds is 5. The van der Waals surface area contributed by atoms with Gasteiger partial charge in [0.25, 0.3) is 0 Å². The van der Waals surface area contributed by atoms with Crippen molar-refractivity contribution in [2.24, 2.45) is 4.99 Å². The highest BCUT2D eigenvalue weighted by Crippen LogP contribution is 2.17. The van der Waals surface area contributed by atoms with Gasteiger partial charge in [0.2, 0.25) is 0 Å². The number of halogens is 2. The fourth-order valence-corrected chi connectivity index (χ4v) is 1.40. The van der Waals surface area contributed by atoms with Crippen molar-refractivity contribution in [3.63, 3.8) is 0 Å². The van der Waals surface area contributed by atoms with Gasteiger partial charge in [0.15, 0.2) is 17.5 Å². The first-order chi connectivity index (χ1) is 8.71. The Labute approximate surface area is 130 Å². The number of ether oxygens (including phenoxy) is 1. The van der Waals surface area contributed by atoms with Crippen LogP contribution >= 0.6 is 24.0 Å². The van der Waals surface area contributed by atoms with E-state index in [4.69, 9.17) is 4.74 Å². The molecule has 1 aromatic rings. The van der Waals surface area contributed by atoms with Crippen LogP contribution in [0.5, 0.6) is 5.75 Å². The molecule has 6 heteroatoms. The number of benzene rings is 1. The molecule has 0 atom stereocenters. The van der Waals surface area contributed by atoms with Crippen molar-refractivity contribution in [3.05, 3.63) is 42.2 Å². The van der Waals surface area contributed by atoms with Gasteiger partial charge in [0, 0.05) is 20.1 Å². The molecule has 0 saturated heterocycles. The third-order valence-corrected chi connectivity index (χ3v) is 2.31. The van der Waals surface area contributed by atoms with E-state index in [1.807, 2.05) is 0 Å². The molecule has 0 aliphatic heterocycles. The average molecular weight is 379 g/mol. The molecule has 0 fully saturated rings. The largest absolute Gasteiger partial charge is 0.494 e. The van der Waals surface area contributed by atoms with Crippen LogP contribution in [-0.2, 0) is 6.54 Å². The van der Waals surface area contributed by atoms with Crippen LogP contribution in [0.3, 0.4) is 0 Å². The molecule has 0 radical (unpaired) electrons. The SMILES string of the molecule is C=CCNC(=NC)NCc1ccc(OC)c(F)c1.I. The first-order valence-corrected chi connectivity index (χ1v) is 5.59. The monoisotopic (exact) mass is 379 g/mol. The molecule has 0 bridgehead atoms. The molecule has 0 unspecified atom stereocenters. The van der Waals surface area contributed by atoms with Gasteiger partial charge in [-0.2, -0.15) is 0 Å². The lowest BCUT2D eigenvalue weighted by atomic mass is 10.2. The summed E-state index contributed by atoms with van der Waals surface area (Å²) in [5, 5.41) is 6.10. The lowest BCUT2D eigenvalue weighted by Gasteiger charge is -2.11. The lowest BCUT2D eigenvalue weighted by Crippen LogP contribution is -2.36. The number of hydrogen-bond acceptors (Lipinski definition) is 2. The van der Waals surface area contributed by atoms with Crippen LogP contribution in [-0.4, -0.2) is 26.7 Å². The summed E-state index contributed by atoms with van der Waals surface area (Å²) in [6.07, 6.45) is 1.74. The van der Waals surface area contributed by atoms with E-state index in [0.717, 1.165) is 5.56 Å². The highest BCUT2D eigenvalue weighted by atomic mass is 127. The van der Waals surface area contributed by atoms with Crippen LogP contribution in [0.4, 0.5) is 4.39 Å². The number of methoxy groups -OCH3 is 1. The maximum atomic E-state index is 13.4. The molecule has 4 nitrogen and oxygen atoms in total. The molecule has 0 saturated carbocycles. The molecule has 0 aromatic heterocycles. The van der Waals surface area contributed by atoms with Crippen molar-refractivity contribution < 1.29 is 9.13 Å². The Balaban J connectivity index is 0.00000324. The first kappa shape index (κ1) is 17.7. The van der Waals surface area contributed by atoms with Crippen LogP contribution in [0, 0.1) is 5.82 Å². The van der Waals surface area contributed by atoms with E-state index < -0.39 is 0 Å². The summed E-state index contributed by atoms with van der Waals surface area (Å²) in [5.74, 6) is 0.518. The second-order valence-corrected chi connectivity index (χ2v) is 3.56. The van der Waals surface area contributed by atoms with Gasteiger partial charge in [-0.15, -0.1) is 30.6 Å². The summed E-state index contributed by atoms with van der Waals surface area (Å²) >= 11 is 0. The Morgan fingerprint density at radius 1 is 1.47 bits per heavy atom. The van der Waals surface area contributed by atoms with Gasteiger partial charge in [0.1, 0.15) is 0 Å². The zero-order chi connectivity index (χ0) is 13.4. The molecule has 1 rings (SSSR count). The predicted octanol–water partition coefficient (Wildman–Crippen LogP) is 2.30. The molecule has 1 aromatic carbocycles. The third-order valence-electron chi connectivity index (χ3n) is 2.31. The van der Waals surface area contributed by atoms with E-state index in [9.17, 15) is 4.39 Å². The Morgan fingerprint density at radius 3 is 2.74 bits per heavy atom. The molecule has 0 amide bonds. The molecule has 19 heavy (non-hydrogen) atoms. The van der Waals surface area contributed by atoms with Gasteiger partial charge in [0.05, 0.1) is 7.11 Å². The van der Waals surface area contributed by atoms with E-state index in [1.54, 1.807) is 25.3 Å². The topological polar surface area (TPSA) is 45.7 Å². The predicted molar refractivity (Wildman–Crippen MR) is 86.8 cm³/mol. The third kappa shape index (κ3) is 5.91. The van der Waals surface area contributed by atoms with Gasteiger partial charge in [-0.1, -0.05) is 12.1 Å². The van der Waals surface area contributed by atoms with Crippen molar-refractivity contribution in [1.82, 2.24) is 10.6 Å². The van der Waals surface area contributed by atoms with Crippen LogP contribution in [0.1, 0.15) is 5.56 Å².